The second-order valence-electron chi connectivity index (χ2n) is 4.83. The number of ether oxygens (including phenoxy) is 4. The zero-order valence-corrected chi connectivity index (χ0v) is 10.7. The number of hydrogen-bond donors (Lipinski definition) is 0. The van der Waals surface area contributed by atoms with Gasteiger partial charge in [0.1, 0.15) is 26.2 Å². The fraction of sp³-hybridized carbons (Fsp3) is 1.00. The van der Waals surface area contributed by atoms with E-state index < -0.39 is 5.79 Å². The Kier molecular flexibility index (Phi) is 3.32. The van der Waals surface area contributed by atoms with Crippen LogP contribution in [0, 0.1) is 0 Å². The first-order valence-corrected chi connectivity index (χ1v) is 6.14. The highest BCUT2D eigenvalue weighted by Crippen LogP contribution is 2.46. The van der Waals surface area contributed by atoms with Gasteiger partial charge in [-0.3, -0.25) is 0 Å². The van der Waals surface area contributed by atoms with Crippen LogP contribution >= 0.6 is 0 Å². The fourth-order valence-corrected chi connectivity index (χ4v) is 2.66. The summed E-state index contributed by atoms with van der Waals surface area (Å²) in [6.07, 6.45) is -0.0473. The van der Waals surface area contributed by atoms with E-state index in [1.807, 2.05) is 35.5 Å². The van der Waals surface area contributed by atoms with E-state index in [1.165, 1.54) is 0 Å². The van der Waals surface area contributed by atoms with E-state index in [4.69, 9.17) is 18.9 Å². The molecule has 2 bridgehead atoms. The first-order valence-electron chi connectivity index (χ1n) is 6.14. The Labute approximate surface area is 98.0 Å². The van der Waals surface area contributed by atoms with Crippen molar-refractivity contribution in [2.45, 2.75) is 63.9 Å². The predicted octanol–water partition coefficient (Wildman–Crippen LogP) is 0.289. The molecule has 16 heavy (non-hydrogen) atoms. The van der Waals surface area contributed by atoms with Gasteiger partial charge in [-0.05, 0) is 27.7 Å². The van der Waals surface area contributed by atoms with Gasteiger partial charge >= 0.3 is 0 Å². The van der Waals surface area contributed by atoms with Gasteiger partial charge in [-0.25, -0.2) is 0 Å². The van der Waals surface area contributed by atoms with E-state index in [-0.39, 0.29) is 30.4 Å². The van der Waals surface area contributed by atoms with Crippen LogP contribution in [0.3, 0.4) is 0 Å². The molecule has 0 radical (unpaired) electrons. The minimum absolute atomic E-state index is 0.0102. The Hall–Kier alpha value is -0.0951. The second kappa shape index (κ2) is 4.29. The lowest BCUT2D eigenvalue weighted by atomic mass is 9.93. The molecule has 0 aromatic carbocycles. The third kappa shape index (κ3) is 1.70. The molecule has 2 fully saturated rings. The zero-order valence-electron chi connectivity index (χ0n) is 10.7. The van der Waals surface area contributed by atoms with Gasteiger partial charge in [0, 0.05) is 6.61 Å². The van der Waals surface area contributed by atoms with Gasteiger partial charge in [-0.2, -0.15) is 0 Å². The molecule has 92 valence electrons. The van der Waals surface area contributed by atoms with E-state index in [2.05, 4.69) is 0 Å². The number of hydrogen-bond acceptors (Lipinski definition) is 4. The topological polar surface area (TPSA) is 36.9 Å². The van der Waals surface area contributed by atoms with Gasteiger partial charge < -0.3 is 18.9 Å². The van der Waals surface area contributed by atoms with Crippen LogP contribution in [0.2, 0.25) is 0 Å². The van der Waals surface area contributed by atoms with Crippen LogP contribution in [0.15, 0.2) is 0 Å². The Morgan fingerprint density at radius 2 is 2.12 bits per heavy atom. The molecule has 2 saturated heterocycles. The average Bonchev–Trinajstić information content (AvgIpc) is 2.55. The van der Waals surface area contributed by atoms with Crippen LogP contribution in [0.1, 0.15) is 27.7 Å². The normalized spacial score (nSPS) is 46.8. The highest BCUT2D eigenvalue weighted by atomic mass is 16.8. The molecule has 0 aliphatic carbocycles. The van der Waals surface area contributed by atoms with Gasteiger partial charge in [0.25, 0.3) is 0 Å². The standard InChI is InChI=1S/C11H21BO4/c1-5-13-11-7(4)15-8(10(12)16-11)9(11)14-6(2)3/h6-10H,5,12H2,1-4H3/t7-,8?,9?,10+,11-/m0/s1. The molecule has 5 atom stereocenters. The largest absolute Gasteiger partial charge is 0.367 e. The summed E-state index contributed by atoms with van der Waals surface area (Å²) in [5.74, 6) is -0.705. The molecule has 2 rings (SSSR count). The average molecular weight is 228 g/mol. The first kappa shape index (κ1) is 12.4. The van der Waals surface area contributed by atoms with Gasteiger partial charge in [-0.1, -0.05) is 0 Å². The maximum Gasteiger partial charge on any atom is 0.224 e. The van der Waals surface area contributed by atoms with Crippen LogP contribution in [0.25, 0.3) is 0 Å². The highest BCUT2D eigenvalue weighted by molar-refractivity contribution is 6.11. The molecule has 2 aliphatic heterocycles. The van der Waals surface area contributed by atoms with Crippen LogP contribution < -0.4 is 0 Å². The molecule has 0 saturated carbocycles. The second-order valence-corrected chi connectivity index (χ2v) is 4.83. The van der Waals surface area contributed by atoms with Gasteiger partial charge in [0.05, 0.1) is 12.1 Å². The molecular formula is C11H21BO4. The summed E-state index contributed by atoms with van der Waals surface area (Å²) >= 11 is 0. The van der Waals surface area contributed by atoms with E-state index in [0.29, 0.717) is 6.61 Å². The van der Waals surface area contributed by atoms with E-state index in [1.54, 1.807) is 0 Å². The van der Waals surface area contributed by atoms with Crippen molar-refractivity contribution >= 4 is 7.85 Å². The minimum atomic E-state index is -0.705. The Morgan fingerprint density at radius 3 is 2.69 bits per heavy atom. The van der Waals surface area contributed by atoms with Crippen LogP contribution in [-0.4, -0.2) is 50.7 Å². The molecule has 4 nitrogen and oxygen atoms in total. The molecule has 0 aromatic rings. The molecule has 2 heterocycles. The Morgan fingerprint density at radius 1 is 1.44 bits per heavy atom. The maximum absolute atomic E-state index is 5.94. The lowest BCUT2D eigenvalue weighted by Crippen LogP contribution is -2.50. The van der Waals surface area contributed by atoms with Crippen molar-refractivity contribution in [1.82, 2.24) is 0 Å². The van der Waals surface area contributed by atoms with Crippen molar-refractivity contribution in [3.05, 3.63) is 0 Å². The Bertz CT molecular complexity index is 260. The zero-order chi connectivity index (χ0) is 11.9. The molecule has 0 amide bonds. The molecular weight excluding hydrogens is 207 g/mol. The Balaban J connectivity index is 2.21. The number of fused-ring (bicyclic) bond motifs is 2. The lowest BCUT2D eigenvalue weighted by molar-refractivity contribution is -0.293. The van der Waals surface area contributed by atoms with Crippen molar-refractivity contribution in [3.8, 4) is 0 Å². The molecule has 0 aromatic heterocycles. The monoisotopic (exact) mass is 228 g/mol. The first-order chi connectivity index (χ1) is 7.51. The van der Waals surface area contributed by atoms with E-state index in [0.717, 1.165) is 0 Å². The van der Waals surface area contributed by atoms with Crippen LogP contribution in [0.5, 0.6) is 0 Å². The summed E-state index contributed by atoms with van der Waals surface area (Å²) in [6, 6.07) is 0.0338. The minimum Gasteiger partial charge on any atom is -0.367 e. The SMILES string of the molecule is B[C@@H]1O[C@]2(OCC)C(OC(C)C)C1O[C@H]2C. The molecule has 5 heteroatoms. The maximum atomic E-state index is 5.94. The predicted molar refractivity (Wildman–Crippen MR) is 62.1 cm³/mol. The molecule has 2 unspecified atom stereocenters. The van der Waals surface area contributed by atoms with Gasteiger partial charge in [0.15, 0.2) is 0 Å². The van der Waals surface area contributed by atoms with Crippen LogP contribution in [-0.2, 0) is 18.9 Å². The summed E-state index contributed by atoms with van der Waals surface area (Å²) in [6.45, 7) is 8.59. The van der Waals surface area contributed by atoms with Crippen molar-refractivity contribution in [3.63, 3.8) is 0 Å². The van der Waals surface area contributed by atoms with Crippen molar-refractivity contribution in [1.29, 1.82) is 0 Å². The smallest absolute Gasteiger partial charge is 0.224 e. The van der Waals surface area contributed by atoms with Crippen molar-refractivity contribution in [2.24, 2.45) is 0 Å². The summed E-state index contributed by atoms with van der Waals surface area (Å²) < 4.78 is 23.5. The quantitative estimate of drug-likeness (QED) is 0.648. The van der Waals surface area contributed by atoms with Crippen molar-refractivity contribution < 1.29 is 18.9 Å². The highest BCUT2D eigenvalue weighted by Gasteiger charge is 2.66. The number of rotatable bonds is 4. The third-order valence-corrected chi connectivity index (χ3v) is 3.24. The summed E-state index contributed by atoms with van der Waals surface area (Å²) in [5.41, 5.74) is 0. The fourth-order valence-electron chi connectivity index (χ4n) is 2.66. The van der Waals surface area contributed by atoms with Crippen LogP contribution in [0.4, 0.5) is 0 Å². The molecule has 0 N–H and O–H groups in total. The van der Waals surface area contributed by atoms with E-state index in [9.17, 15) is 0 Å². The van der Waals surface area contributed by atoms with Crippen molar-refractivity contribution in [2.75, 3.05) is 6.61 Å². The molecule has 0 spiro atoms. The summed E-state index contributed by atoms with van der Waals surface area (Å²) in [5, 5.41) is 0. The summed E-state index contributed by atoms with van der Waals surface area (Å²) in [4.78, 5) is 0. The lowest BCUT2D eigenvalue weighted by Gasteiger charge is -2.35. The molecule has 2 aliphatic rings. The summed E-state index contributed by atoms with van der Waals surface area (Å²) in [7, 11) is 2.01. The van der Waals surface area contributed by atoms with Gasteiger partial charge in [0.2, 0.25) is 5.79 Å². The van der Waals surface area contributed by atoms with E-state index >= 15 is 0 Å². The third-order valence-electron chi connectivity index (χ3n) is 3.24. The van der Waals surface area contributed by atoms with Gasteiger partial charge in [-0.15, -0.1) is 0 Å².